The predicted octanol–water partition coefficient (Wildman–Crippen LogP) is 3.15. The Morgan fingerprint density at radius 3 is 1.72 bits per heavy atom. The standard InChI is InChI=1S/C71H101F2IN14O16/c1-70(2,3)104-69(102)57(14-6-8-25-77-59(89)15-9-12-50-18-20-51(74)21-19-50)81-61(91)17-10-16-60(90)80-56(13-5-7-26-78-62(92)45-83-29-31-84(46-64(94)95)33-35-86(48-66(98)99)36-34-85(32-30-83)47-65(96)97)68(101)87-39-37-82(38-40-87)28-11-41-103-52-22-23-55-54(42-52)53(24-27-76-55)67(100)79-44-63(93)88-49-71(72,73)43-58(88)75-4/h18-24,27,42,56-58H,5-17,25-26,28-41,43-49H2,1-3H3,(H,77,89)(H,78,92)(H,79,100)(H,80,90)(H,81,91)(H,94,95)(H,96,97)(H,98,99)/t56-,57-,58-/m0/s1. The Balaban J connectivity index is 1.01. The smallest absolute Gasteiger partial charge is 0.329 e. The van der Waals surface area contributed by atoms with E-state index in [9.17, 15) is 76.8 Å². The van der Waals surface area contributed by atoms with Gasteiger partial charge in [-0.15, -0.1) is 0 Å². The number of aromatic nitrogens is 1. The molecule has 3 aromatic rings. The first-order chi connectivity index (χ1) is 49.5. The molecule has 0 saturated carbocycles. The minimum atomic E-state index is -3.20. The van der Waals surface area contributed by atoms with Crippen LogP contribution in [0, 0.1) is 10.1 Å². The highest BCUT2D eigenvalue weighted by atomic mass is 127. The van der Waals surface area contributed by atoms with E-state index in [1.165, 1.54) is 12.3 Å². The van der Waals surface area contributed by atoms with Crippen LogP contribution in [0.3, 0.4) is 0 Å². The van der Waals surface area contributed by atoms with E-state index in [4.69, 9.17) is 16.0 Å². The molecule has 572 valence electrons. The van der Waals surface area contributed by atoms with Crippen molar-refractivity contribution in [2.75, 3.05) is 144 Å². The molecule has 7 amide bonds. The third kappa shape index (κ3) is 31.6. The van der Waals surface area contributed by atoms with E-state index in [1.807, 2.05) is 24.3 Å². The molecule has 3 fully saturated rings. The average molecular weight is 1570 g/mol. The number of carboxylic acids is 3. The summed E-state index contributed by atoms with van der Waals surface area (Å²) in [5.41, 5.74) is 0.957. The van der Waals surface area contributed by atoms with Crippen LogP contribution in [0.5, 0.6) is 5.75 Å². The molecule has 3 aliphatic rings. The first-order valence-electron chi connectivity index (χ1n) is 35.5. The number of unbranched alkanes of at least 4 members (excludes halogenated alkanes) is 2. The van der Waals surface area contributed by atoms with Gasteiger partial charge in [0.05, 0.1) is 57.0 Å². The summed E-state index contributed by atoms with van der Waals surface area (Å²) < 4.78 is 40.9. The van der Waals surface area contributed by atoms with Gasteiger partial charge in [-0.05, 0) is 150 Å². The zero-order valence-corrected chi connectivity index (χ0v) is 61.8. The topological polar surface area (TPSA) is 367 Å². The number of fused-ring (bicyclic) bond motifs is 1. The van der Waals surface area contributed by atoms with Crippen LogP contribution in [0.15, 0.2) is 54.7 Å². The number of hydrogen-bond acceptors (Lipinski definition) is 19. The maximum Gasteiger partial charge on any atom is 0.329 e. The largest absolute Gasteiger partial charge is 0.494 e. The minimum Gasteiger partial charge on any atom is -0.494 e. The van der Waals surface area contributed by atoms with Crippen LogP contribution in [0.2, 0.25) is 0 Å². The summed E-state index contributed by atoms with van der Waals surface area (Å²) in [6.07, 6.45) is 3.89. The Morgan fingerprint density at radius 2 is 1.16 bits per heavy atom. The number of aliphatic carboxylic acids is 3. The van der Waals surface area contributed by atoms with Gasteiger partial charge in [0.2, 0.25) is 35.4 Å². The minimum absolute atomic E-state index is 0.0710. The summed E-state index contributed by atoms with van der Waals surface area (Å²) in [4.78, 5) is 161. The fourth-order valence-corrected chi connectivity index (χ4v) is 12.6. The van der Waals surface area contributed by atoms with Crippen molar-refractivity contribution in [1.82, 2.24) is 65.9 Å². The zero-order valence-electron chi connectivity index (χ0n) is 59.7. The van der Waals surface area contributed by atoms with Crippen molar-refractivity contribution in [3.8, 4) is 5.75 Å². The number of halogens is 3. The van der Waals surface area contributed by atoms with Crippen LogP contribution < -0.4 is 31.3 Å². The van der Waals surface area contributed by atoms with E-state index in [-0.39, 0.29) is 147 Å². The normalized spacial score (nSPS) is 17.3. The summed E-state index contributed by atoms with van der Waals surface area (Å²) in [5.74, 6) is -9.73. The number of amides is 7. The number of likely N-dealkylation sites (tertiary alicyclic amines) is 1. The van der Waals surface area contributed by atoms with Crippen molar-refractivity contribution in [3.63, 3.8) is 0 Å². The number of esters is 1. The second-order valence-electron chi connectivity index (χ2n) is 27.4. The van der Waals surface area contributed by atoms with E-state index in [1.54, 1.807) is 63.5 Å². The van der Waals surface area contributed by atoms with Crippen molar-refractivity contribution in [3.05, 3.63) is 80.8 Å². The number of aryl methyl sites for hydroxylation is 1. The molecule has 2 aromatic carbocycles. The number of hydrogen-bond donors (Lipinski definition) is 8. The van der Waals surface area contributed by atoms with Crippen molar-refractivity contribution in [2.24, 2.45) is 0 Å². The quantitative estimate of drug-likeness (QED) is 0.0177. The molecule has 104 heavy (non-hydrogen) atoms. The van der Waals surface area contributed by atoms with E-state index in [0.29, 0.717) is 101 Å². The molecule has 3 aliphatic heterocycles. The number of alkyl halides is 2. The molecule has 0 aliphatic carbocycles. The van der Waals surface area contributed by atoms with Crippen LogP contribution in [-0.2, 0) is 59.1 Å². The van der Waals surface area contributed by atoms with Gasteiger partial charge in [0, 0.05) is 133 Å². The number of ether oxygens (including phenoxy) is 2. The number of rotatable bonds is 38. The van der Waals surface area contributed by atoms with Gasteiger partial charge >= 0.3 is 30.0 Å². The van der Waals surface area contributed by atoms with Crippen LogP contribution in [-0.4, -0.2) is 294 Å². The molecule has 0 bridgehead atoms. The molecule has 0 unspecified atom stereocenters. The van der Waals surface area contributed by atoms with Gasteiger partial charge in [0.15, 0.2) is 0 Å². The second-order valence-corrected chi connectivity index (χ2v) is 28.6. The SMILES string of the molecule is [C-]#[N+][C@@H]1CC(F)(F)CN1C(=O)CNC(=O)c1ccnc2ccc(OCCCN3CCN(C(=O)[C@H](CCCCNC(=O)CN4CCN(CC(=O)O)CCN(CC(=O)O)CCN(CC(=O)O)CC4)NC(=O)CCCC(=O)N[C@@H](CCCCNC(=O)CCCc4ccc(I)cc4)C(=O)OC(C)(C)C)CC3)cc12. The van der Waals surface area contributed by atoms with Crippen LogP contribution in [0.25, 0.3) is 15.7 Å². The van der Waals surface area contributed by atoms with Gasteiger partial charge in [-0.2, -0.15) is 0 Å². The summed E-state index contributed by atoms with van der Waals surface area (Å²) in [6.45, 7) is 14.9. The lowest BCUT2D eigenvalue weighted by atomic mass is 10.1. The molecule has 33 heteroatoms. The number of nitrogens with zero attached hydrogens (tertiary/aromatic N) is 9. The molecule has 4 heterocycles. The van der Waals surface area contributed by atoms with Gasteiger partial charge in [0.1, 0.15) is 29.9 Å². The fourth-order valence-electron chi connectivity index (χ4n) is 12.3. The number of carbonyl (C=O) groups excluding carboxylic acids is 8. The lowest BCUT2D eigenvalue weighted by molar-refractivity contribution is -0.159. The third-order valence-corrected chi connectivity index (χ3v) is 18.5. The summed E-state index contributed by atoms with van der Waals surface area (Å²) in [5, 5.41) is 43.3. The number of pyridine rings is 1. The Labute approximate surface area is 618 Å². The Kier molecular flexibility index (Phi) is 35.2. The lowest BCUT2D eigenvalue weighted by Gasteiger charge is -2.36. The van der Waals surface area contributed by atoms with Crippen LogP contribution in [0.1, 0.15) is 120 Å². The number of benzene rings is 2. The maximum atomic E-state index is 14.5. The molecular formula is C71H101F2IN14O16. The molecule has 8 N–H and O–H groups in total. The highest BCUT2D eigenvalue weighted by Crippen LogP contribution is 2.33. The van der Waals surface area contributed by atoms with Gasteiger partial charge in [-0.25, -0.2) is 20.1 Å². The van der Waals surface area contributed by atoms with Gasteiger partial charge < -0.3 is 56.3 Å². The molecule has 3 atom stereocenters. The monoisotopic (exact) mass is 1570 g/mol. The molecule has 0 spiro atoms. The molecule has 6 rings (SSSR count). The highest BCUT2D eigenvalue weighted by molar-refractivity contribution is 14.1. The van der Waals surface area contributed by atoms with E-state index >= 15 is 0 Å². The first kappa shape index (κ1) is 84.6. The van der Waals surface area contributed by atoms with Gasteiger partial charge in [0.25, 0.3) is 11.8 Å². The van der Waals surface area contributed by atoms with E-state index < -0.39 is 96.8 Å². The Morgan fingerprint density at radius 1 is 0.635 bits per heavy atom. The van der Waals surface area contributed by atoms with Crippen LogP contribution >= 0.6 is 22.6 Å². The maximum absolute atomic E-state index is 14.5. The predicted molar refractivity (Wildman–Crippen MR) is 387 cm³/mol. The number of piperazine rings is 1. The average Bonchev–Trinajstić information content (AvgIpc) is 1.65. The molecule has 3 saturated heterocycles. The zero-order chi connectivity index (χ0) is 75.8. The van der Waals surface area contributed by atoms with Crippen molar-refractivity contribution < 1.29 is 86.3 Å². The highest BCUT2D eigenvalue weighted by Gasteiger charge is 2.51. The number of nitrogens with one attached hydrogen (secondary N) is 5. The fraction of sp³-hybridized carbons (Fsp3) is 0.620. The number of carbonyl (C=O) groups is 11. The molecule has 30 nitrogen and oxygen atoms in total. The van der Waals surface area contributed by atoms with E-state index in [0.717, 1.165) is 20.5 Å². The summed E-state index contributed by atoms with van der Waals surface area (Å²) in [6, 6.07) is 12.7. The van der Waals surface area contributed by atoms with Gasteiger partial charge in [-0.1, -0.05) is 12.1 Å². The van der Waals surface area contributed by atoms with E-state index in [2.05, 4.69) is 63.9 Å². The van der Waals surface area contributed by atoms with Crippen molar-refractivity contribution in [1.29, 1.82) is 0 Å². The third-order valence-electron chi connectivity index (χ3n) is 17.7. The molecule has 1 aromatic heterocycles. The Hall–Kier alpha value is -8.30. The van der Waals surface area contributed by atoms with Crippen LogP contribution in [0.4, 0.5) is 8.78 Å². The molecule has 0 radical (unpaired) electrons. The van der Waals surface area contributed by atoms with Gasteiger partial charge in [-0.3, -0.25) is 87.2 Å². The molecular weight excluding hydrogens is 1470 g/mol. The summed E-state index contributed by atoms with van der Waals surface area (Å²) >= 11 is 2.25. The number of carboxylic acid groups (broad SMARTS) is 3. The van der Waals surface area contributed by atoms with Crippen molar-refractivity contribution in [2.45, 2.75) is 140 Å². The van der Waals surface area contributed by atoms with Crippen molar-refractivity contribution >= 4 is 98.7 Å². The Bertz CT molecular complexity index is 3400. The first-order valence-corrected chi connectivity index (χ1v) is 36.6. The lowest BCUT2D eigenvalue weighted by Crippen LogP contribution is -2.55. The summed E-state index contributed by atoms with van der Waals surface area (Å²) in [7, 11) is 0. The second kappa shape index (κ2) is 43.2.